The smallest absolute Gasteiger partial charge is 0.382 e. The molecule has 152 valence electrons. The molecule has 1 aromatic heterocycles. The first-order chi connectivity index (χ1) is 13.8. The Morgan fingerprint density at radius 2 is 1.90 bits per heavy atom. The predicted octanol–water partition coefficient (Wildman–Crippen LogP) is 4.87. The van der Waals surface area contributed by atoms with Crippen molar-refractivity contribution >= 4 is 23.1 Å². The summed E-state index contributed by atoms with van der Waals surface area (Å²) in [5, 5.41) is 14.3. The van der Waals surface area contributed by atoms with Crippen LogP contribution in [-0.4, -0.2) is 22.8 Å². The Balaban J connectivity index is 1.59. The zero-order chi connectivity index (χ0) is 20.9. The summed E-state index contributed by atoms with van der Waals surface area (Å²) in [6, 6.07) is 7.91. The second-order valence-corrected chi connectivity index (χ2v) is 6.14. The quantitative estimate of drug-likeness (QED) is 0.440. The number of aromatic nitrogens is 2. The van der Waals surface area contributed by atoms with Crippen LogP contribution in [0.25, 0.3) is 0 Å². The molecule has 3 aromatic rings. The van der Waals surface area contributed by atoms with Gasteiger partial charge in [-0.15, -0.1) is 0 Å². The van der Waals surface area contributed by atoms with E-state index in [1.54, 1.807) is 30.6 Å². The van der Waals surface area contributed by atoms with Crippen molar-refractivity contribution in [3.05, 3.63) is 71.8 Å². The van der Waals surface area contributed by atoms with Crippen LogP contribution in [0.4, 0.5) is 39.4 Å². The van der Waals surface area contributed by atoms with Crippen LogP contribution < -0.4 is 16.0 Å². The summed E-state index contributed by atoms with van der Waals surface area (Å²) >= 11 is 0. The van der Waals surface area contributed by atoms with E-state index in [0.717, 1.165) is 11.3 Å². The first-order valence-electron chi connectivity index (χ1n) is 8.57. The molecule has 0 saturated carbocycles. The minimum atomic E-state index is -4.64. The minimum Gasteiger partial charge on any atom is -0.382 e. The predicted molar refractivity (Wildman–Crippen MR) is 101 cm³/mol. The second kappa shape index (κ2) is 8.63. The summed E-state index contributed by atoms with van der Waals surface area (Å²) in [6.07, 6.45) is -0.617. The fraction of sp³-hybridized carbons (Fsp3) is 0.158. The lowest BCUT2D eigenvalue weighted by molar-refractivity contribution is -0.137. The van der Waals surface area contributed by atoms with Crippen LogP contribution in [0.15, 0.2) is 54.9 Å². The number of halogens is 4. The summed E-state index contributed by atoms with van der Waals surface area (Å²) in [6.45, 7) is 0.630. The topological polar surface area (TPSA) is 81.8 Å². The Morgan fingerprint density at radius 1 is 1.07 bits per heavy atom. The molecule has 0 fully saturated rings. The molecule has 29 heavy (non-hydrogen) atoms. The molecule has 0 unspecified atom stereocenters. The summed E-state index contributed by atoms with van der Waals surface area (Å²) in [5.74, 6) is -0.966. The molecule has 2 aromatic carbocycles. The SMILES string of the molecule is O=C(Nc1cccc(CCNc2cn[nH]c2)c1)Nc1cc(C(F)(F)F)ccc1F. The largest absolute Gasteiger partial charge is 0.416 e. The normalized spacial score (nSPS) is 11.2. The standard InChI is InChI=1S/C19H17F4N5O/c20-16-5-4-13(19(21,22)23)9-17(16)28-18(29)27-14-3-1-2-12(8-14)6-7-24-15-10-25-26-11-15/h1-5,8-11,24H,6-7H2,(H,25,26)(H2,27,28,29). The van der Waals surface area contributed by atoms with Crippen molar-refractivity contribution in [3.8, 4) is 0 Å². The van der Waals surface area contributed by atoms with E-state index in [9.17, 15) is 22.4 Å². The van der Waals surface area contributed by atoms with Crippen molar-refractivity contribution in [3.63, 3.8) is 0 Å². The van der Waals surface area contributed by atoms with Crippen LogP contribution in [0.2, 0.25) is 0 Å². The fourth-order valence-corrected chi connectivity index (χ4v) is 2.59. The van der Waals surface area contributed by atoms with Gasteiger partial charge in [-0.2, -0.15) is 18.3 Å². The molecule has 0 saturated heterocycles. The molecule has 2 amide bonds. The highest BCUT2D eigenvalue weighted by atomic mass is 19.4. The molecule has 6 nitrogen and oxygen atoms in total. The zero-order valence-electron chi connectivity index (χ0n) is 15.0. The number of aromatic amines is 1. The molecule has 3 rings (SSSR count). The van der Waals surface area contributed by atoms with Gasteiger partial charge >= 0.3 is 12.2 Å². The van der Waals surface area contributed by atoms with Crippen LogP contribution in [0.1, 0.15) is 11.1 Å². The van der Waals surface area contributed by atoms with E-state index in [4.69, 9.17) is 0 Å². The molecule has 0 spiro atoms. The number of nitrogens with zero attached hydrogens (tertiary/aromatic N) is 1. The third-order valence-corrected chi connectivity index (χ3v) is 3.97. The maximum atomic E-state index is 13.8. The lowest BCUT2D eigenvalue weighted by atomic mass is 10.1. The van der Waals surface area contributed by atoms with Gasteiger partial charge in [0.05, 0.1) is 23.1 Å². The summed E-state index contributed by atoms with van der Waals surface area (Å²) in [5.41, 5.74) is 0.584. The van der Waals surface area contributed by atoms with Crippen LogP contribution in [0.3, 0.4) is 0 Å². The van der Waals surface area contributed by atoms with Gasteiger partial charge in [-0.3, -0.25) is 5.10 Å². The highest BCUT2D eigenvalue weighted by Crippen LogP contribution is 2.31. The van der Waals surface area contributed by atoms with Gasteiger partial charge in [-0.1, -0.05) is 12.1 Å². The number of alkyl halides is 3. The van der Waals surface area contributed by atoms with E-state index in [2.05, 4.69) is 26.1 Å². The Hall–Kier alpha value is -3.56. The van der Waals surface area contributed by atoms with E-state index in [0.29, 0.717) is 36.9 Å². The van der Waals surface area contributed by atoms with E-state index >= 15 is 0 Å². The van der Waals surface area contributed by atoms with Crippen molar-refractivity contribution in [1.29, 1.82) is 0 Å². The third kappa shape index (κ3) is 5.71. The summed E-state index contributed by atoms with van der Waals surface area (Å²) in [4.78, 5) is 12.1. The van der Waals surface area contributed by atoms with Gasteiger partial charge in [0.25, 0.3) is 0 Å². The summed E-state index contributed by atoms with van der Waals surface area (Å²) < 4.78 is 52.0. The maximum Gasteiger partial charge on any atom is 0.416 e. The van der Waals surface area contributed by atoms with Gasteiger partial charge in [-0.25, -0.2) is 9.18 Å². The maximum absolute atomic E-state index is 13.8. The Morgan fingerprint density at radius 3 is 2.62 bits per heavy atom. The molecule has 0 atom stereocenters. The van der Waals surface area contributed by atoms with Crippen molar-refractivity contribution in [2.75, 3.05) is 22.5 Å². The Bertz CT molecular complexity index is 973. The molecular formula is C19H17F4N5O. The lowest BCUT2D eigenvalue weighted by Gasteiger charge is -2.12. The number of carbonyl (C=O) groups excluding carboxylic acids is 1. The number of rotatable bonds is 6. The number of carbonyl (C=O) groups is 1. The average Bonchev–Trinajstić information content (AvgIpc) is 3.16. The summed E-state index contributed by atoms with van der Waals surface area (Å²) in [7, 11) is 0. The monoisotopic (exact) mass is 407 g/mol. The molecule has 10 heteroatoms. The number of nitrogens with one attached hydrogen (secondary N) is 4. The van der Waals surface area contributed by atoms with Gasteiger partial charge < -0.3 is 16.0 Å². The number of urea groups is 1. The first-order valence-corrected chi connectivity index (χ1v) is 8.57. The van der Waals surface area contributed by atoms with E-state index in [1.807, 2.05) is 6.07 Å². The van der Waals surface area contributed by atoms with Gasteiger partial charge in [0.1, 0.15) is 5.82 Å². The molecule has 4 N–H and O–H groups in total. The molecule has 0 bridgehead atoms. The van der Waals surface area contributed by atoms with Crippen molar-refractivity contribution in [2.45, 2.75) is 12.6 Å². The number of anilines is 3. The number of benzene rings is 2. The van der Waals surface area contributed by atoms with E-state index < -0.39 is 29.3 Å². The highest BCUT2D eigenvalue weighted by Gasteiger charge is 2.31. The lowest BCUT2D eigenvalue weighted by Crippen LogP contribution is -2.20. The number of hydrogen-bond donors (Lipinski definition) is 4. The number of amides is 2. The van der Waals surface area contributed by atoms with E-state index in [-0.39, 0.29) is 0 Å². The van der Waals surface area contributed by atoms with Crippen LogP contribution in [0, 0.1) is 5.82 Å². The number of H-pyrrole nitrogens is 1. The van der Waals surface area contributed by atoms with Crippen LogP contribution in [0.5, 0.6) is 0 Å². The van der Waals surface area contributed by atoms with Gasteiger partial charge in [-0.05, 0) is 42.3 Å². The van der Waals surface area contributed by atoms with Crippen LogP contribution >= 0.6 is 0 Å². The van der Waals surface area contributed by atoms with E-state index in [1.165, 1.54) is 0 Å². The Labute approximate surface area is 163 Å². The van der Waals surface area contributed by atoms with Crippen molar-refractivity contribution in [2.24, 2.45) is 0 Å². The zero-order valence-corrected chi connectivity index (χ0v) is 15.0. The number of hydrogen-bond acceptors (Lipinski definition) is 3. The molecule has 0 radical (unpaired) electrons. The second-order valence-electron chi connectivity index (χ2n) is 6.14. The highest BCUT2D eigenvalue weighted by molar-refractivity contribution is 5.99. The van der Waals surface area contributed by atoms with Gasteiger partial charge in [0, 0.05) is 18.4 Å². The molecule has 0 aliphatic heterocycles. The molecular weight excluding hydrogens is 390 g/mol. The van der Waals surface area contributed by atoms with Gasteiger partial charge in [0.15, 0.2) is 0 Å². The van der Waals surface area contributed by atoms with Crippen LogP contribution in [-0.2, 0) is 12.6 Å². The van der Waals surface area contributed by atoms with Crippen molar-refractivity contribution < 1.29 is 22.4 Å². The van der Waals surface area contributed by atoms with Crippen molar-refractivity contribution in [1.82, 2.24) is 10.2 Å². The molecule has 0 aliphatic carbocycles. The molecule has 0 aliphatic rings. The average molecular weight is 407 g/mol. The first kappa shape index (κ1) is 20.2. The third-order valence-electron chi connectivity index (χ3n) is 3.97. The fourth-order valence-electron chi connectivity index (χ4n) is 2.59. The molecule has 1 heterocycles. The Kier molecular flexibility index (Phi) is 6.01. The van der Waals surface area contributed by atoms with Gasteiger partial charge in [0.2, 0.25) is 0 Å². The minimum absolute atomic E-state index is 0.427.